The lowest BCUT2D eigenvalue weighted by Gasteiger charge is -2.04. The summed E-state index contributed by atoms with van der Waals surface area (Å²) in [4.78, 5) is 21.2. The molecule has 0 unspecified atom stereocenters. The number of rotatable bonds is 22. The fraction of sp³-hybridized carbons (Fsp3) is 0.913. The zero-order valence-corrected chi connectivity index (χ0v) is 18.9. The molecular weight excluding hydrogens is 379 g/mol. The van der Waals surface area contributed by atoms with Crippen molar-refractivity contribution < 1.29 is 9.59 Å². The molecule has 0 aliphatic heterocycles. The molecule has 2 nitrogen and oxygen atoms in total. The van der Waals surface area contributed by atoms with Crippen LogP contribution in [0.15, 0.2) is 0 Å². The predicted octanol–water partition coefficient (Wildman–Crippen LogP) is 8.71. The van der Waals surface area contributed by atoms with Crippen LogP contribution in [0.5, 0.6) is 0 Å². The van der Waals surface area contributed by atoms with Crippen LogP contribution >= 0.6 is 23.2 Å². The van der Waals surface area contributed by atoms with E-state index in [2.05, 4.69) is 0 Å². The van der Waals surface area contributed by atoms with Crippen molar-refractivity contribution in [1.29, 1.82) is 0 Å². The summed E-state index contributed by atoms with van der Waals surface area (Å²) >= 11 is 10.6. The molecule has 0 radical (unpaired) electrons. The van der Waals surface area contributed by atoms with E-state index in [4.69, 9.17) is 23.2 Å². The first-order valence-electron chi connectivity index (χ1n) is 11.5. The molecule has 0 aliphatic carbocycles. The van der Waals surface area contributed by atoms with Crippen LogP contribution in [0, 0.1) is 0 Å². The first-order valence-corrected chi connectivity index (χ1v) is 12.2. The molecule has 4 heteroatoms. The first-order chi connectivity index (χ1) is 13.1. The Morgan fingerprint density at radius 1 is 0.333 bits per heavy atom. The summed E-state index contributed by atoms with van der Waals surface area (Å²) in [5.41, 5.74) is 0. The predicted molar refractivity (Wildman–Crippen MR) is 119 cm³/mol. The van der Waals surface area contributed by atoms with Crippen LogP contribution < -0.4 is 0 Å². The van der Waals surface area contributed by atoms with E-state index < -0.39 is 0 Å². The molecule has 0 amide bonds. The number of hydrogen-bond donors (Lipinski definition) is 0. The van der Waals surface area contributed by atoms with Gasteiger partial charge in [-0.15, -0.1) is 0 Å². The van der Waals surface area contributed by atoms with Crippen LogP contribution in [-0.4, -0.2) is 10.5 Å². The van der Waals surface area contributed by atoms with Crippen LogP contribution in [0.2, 0.25) is 0 Å². The molecule has 0 aromatic carbocycles. The molecule has 0 spiro atoms. The zero-order valence-electron chi connectivity index (χ0n) is 17.4. The number of carbonyl (C=O) groups is 2. The molecule has 0 bridgehead atoms. The molecule has 0 rings (SSSR count). The van der Waals surface area contributed by atoms with Crippen molar-refractivity contribution in [1.82, 2.24) is 0 Å². The Bertz CT molecular complexity index is 313. The van der Waals surface area contributed by atoms with E-state index in [1.165, 1.54) is 96.3 Å². The molecule has 160 valence electrons. The summed E-state index contributed by atoms with van der Waals surface area (Å²) in [7, 11) is 0. The van der Waals surface area contributed by atoms with E-state index in [1.807, 2.05) is 0 Å². The molecule has 0 aliphatic rings. The molecule has 0 aromatic rings. The molecule has 0 heterocycles. The third-order valence-electron chi connectivity index (χ3n) is 5.25. The van der Waals surface area contributed by atoms with E-state index in [0.29, 0.717) is 12.8 Å². The molecule has 0 atom stereocenters. The van der Waals surface area contributed by atoms with Crippen molar-refractivity contribution in [3.05, 3.63) is 0 Å². The summed E-state index contributed by atoms with van der Waals surface area (Å²) in [5.74, 6) is 0. The lowest BCUT2D eigenvalue weighted by Crippen LogP contribution is -1.87. The van der Waals surface area contributed by atoms with Crippen LogP contribution in [0.4, 0.5) is 0 Å². The Morgan fingerprint density at radius 2 is 0.481 bits per heavy atom. The monoisotopic (exact) mass is 420 g/mol. The van der Waals surface area contributed by atoms with Crippen molar-refractivity contribution in [2.24, 2.45) is 0 Å². The largest absolute Gasteiger partial charge is 0.281 e. The van der Waals surface area contributed by atoms with Crippen molar-refractivity contribution in [3.63, 3.8) is 0 Å². The van der Waals surface area contributed by atoms with Gasteiger partial charge in [-0.1, -0.05) is 109 Å². The quantitative estimate of drug-likeness (QED) is 0.129. The van der Waals surface area contributed by atoms with Gasteiger partial charge in [0.2, 0.25) is 10.5 Å². The van der Waals surface area contributed by atoms with Gasteiger partial charge < -0.3 is 0 Å². The standard InChI is InChI=1S/C23H42Cl2O2/c24-22(26)20-18-16-14-12-10-8-6-4-2-1-3-5-7-9-11-13-15-17-19-21-23(25)27/h1-21H2. The van der Waals surface area contributed by atoms with Crippen molar-refractivity contribution >= 4 is 33.7 Å². The second-order valence-electron chi connectivity index (χ2n) is 7.93. The average molecular weight is 421 g/mol. The van der Waals surface area contributed by atoms with Gasteiger partial charge >= 0.3 is 0 Å². The maximum Gasteiger partial charge on any atom is 0.221 e. The Balaban J connectivity index is 3.01. The molecule has 0 fully saturated rings. The van der Waals surface area contributed by atoms with Gasteiger partial charge in [0.25, 0.3) is 0 Å². The van der Waals surface area contributed by atoms with Gasteiger partial charge in [0.05, 0.1) is 0 Å². The van der Waals surface area contributed by atoms with Crippen LogP contribution in [0.1, 0.15) is 135 Å². The van der Waals surface area contributed by atoms with Gasteiger partial charge in [0.15, 0.2) is 0 Å². The highest BCUT2D eigenvalue weighted by molar-refractivity contribution is 6.63. The van der Waals surface area contributed by atoms with Gasteiger partial charge in [0, 0.05) is 12.8 Å². The third-order valence-corrected chi connectivity index (χ3v) is 5.62. The van der Waals surface area contributed by atoms with E-state index >= 15 is 0 Å². The Labute approximate surface area is 178 Å². The molecule has 0 N–H and O–H groups in total. The number of hydrogen-bond acceptors (Lipinski definition) is 2. The highest BCUT2D eigenvalue weighted by Gasteiger charge is 1.98. The summed E-state index contributed by atoms with van der Waals surface area (Å²) in [6, 6.07) is 0. The lowest BCUT2D eigenvalue weighted by molar-refractivity contribution is -0.112. The second-order valence-corrected chi connectivity index (χ2v) is 8.77. The highest BCUT2D eigenvalue weighted by Crippen LogP contribution is 2.15. The summed E-state index contributed by atoms with van der Waals surface area (Å²) < 4.78 is 0. The van der Waals surface area contributed by atoms with Gasteiger partial charge in [-0.05, 0) is 36.0 Å². The first kappa shape index (κ1) is 26.9. The lowest BCUT2D eigenvalue weighted by atomic mass is 10.0. The smallest absolute Gasteiger partial charge is 0.221 e. The average Bonchev–Trinajstić information content (AvgIpc) is 2.62. The number of unbranched alkanes of at least 4 members (excludes halogenated alkanes) is 18. The fourth-order valence-corrected chi connectivity index (χ4v) is 3.80. The normalized spacial score (nSPS) is 11.0. The zero-order chi connectivity index (χ0) is 20.0. The number of halogens is 2. The minimum absolute atomic E-state index is 0.191. The molecule has 0 saturated carbocycles. The minimum Gasteiger partial charge on any atom is -0.281 e. The Hall–Kier alpha value is -0.0800. The maximum atomic E-state index is 10.6. The molecule has 0 saturated heterocycles. The third kappa shape index (κ3) is 25.9. The summed E-state index contributed by atoms with van der Waals surface area (Å²) in [6.07, 6.45) is 25.6. The van der Waals surface area contributed by atoms with E-state index in [0.717, 1.165) is 25.7 Å². The second kappa shape index (κ2) is 22.2. The van der Waals surface area contributed by atoms with Crippen LogP contribution in [0.25, 0.3) is 0 Å². The van der Waals surface area contributed by atoms with Crippen molar-refractivity contribution in [2.75, 3.05) is 0 Å². The van der Waals surface area contributed by atoms with Crippen molar-refractivity contribution in [3.8, 4) is 0 Å². The molecule has 27 heavy (non-hydrogen) atoms. The van der Waals surface area contributed by atoms with Crippen LogP contribution in [-0.2, 0) is 9.59 Å². The maximum absolute atomic E-state index is 10.6. The van der Waals surface area contributed by atoms with Crippen molar-refractivity contribution in [2.45, 2.75) is 135 Å². The van der Waals surface area contributed by atoms with Gasteiger partial charge in [0.1, 0.15) is 0 Å². The van der Waals surface area contributed by atoms with E-state index in [9.17, 15) is 9.59 Å². The van der Waals surface area contributed by atoms with Crippen LogP contribution in [0.3, 0.4) is 0 Å². The summed E-state index contributed by atoms with van der Waals surface area (Å²) in [6.45, 7) is 0. The topological polar surface area (TPSA) is 34.1 Å². The van der Waals surface area contributed by atoms with Gasteiger partial charge in [-0.3, -0.25) is 9.59 Å². The Morgan fingerprint density at radius 3 is 0.630 bits per heavy atom. The van der Waals surface area contributed by atoms with E-state index in [1.54, 1.807) is 0 Å². The highest BCUT2D eigenvalue weighted by atomic mass is 35.5. The van der Waals surface area contributed by atoms with Gasteiger partial charge in [-0.25, -0.2) is 0 Å². The number of carbonyl (C=O) groups excluding carboxylic acids is 2. The SMILES string of the molecule is O=C(Cl)CCCCCCCCCCCCCCCCCCCCCC(=O)Cl. The molecule has 0 aromatic heterocycles. The Kier molecular flexibility index (Phi) is 22.1. The van der Waals surface area contributed by atoms with E-state index in [-0.39, 0.29) is 10.5 Å². The summed E-state index contributed by atoms with van der Waals surface area (Å²) in [5, 5.41) is -0.382. The molecular formula is C23H42Cl2O2. The fourth-order valence-electron chi connectivity index (χ4n) is 3.53. The minimum atomic E-state index is -0.191. The van der Waals surface area contributed by atoms with Gasteiger partial charge in [-0.2, -0.15) is 0 Å².